The van der Waals surface area contributed by atoms with Crippen LogP contribution in [0.15, 0.2) is 24.5 Å². The van der Waals surface area contributed by atoms with Crippen LogP contribution >= 0.6 is 11.3 Å². The van der Waals surface area contributed by atoms with Gasteiger partial charge in [0.05, 0.1) is 0 Å². The Hall–Kier alpha value is -1.82. The fourth-order valence-electron chi connectivity index (χ4n) is 5.88. The van der Waals surface area contributed by atoms with E-state index >= 15 is 0 Å². The van der Waals surface area contributed by atoms with E-state index in [4.69, 9.17) is 5.10 Å². The van der Waals surface area contributed by atoms with Gasteiger partial charge in [-0.3, -0.25) is 4.98 Å². The van der Waals surface area contributed by atoms with E-state index < -0.39 is 0 Å². The van der Waals surface area contributed by atoms with Crippen molar-refractivity contribution >= 4 is 16.3 Å². The lowest BCUT2D eigenvalue weighted by molar-refractivity contribution is -0.00565. The highest BCUT2D eigenvalue weighted by Crippen LogP contribution is 2.61. The fraction of sp³-hybridized carbons (Fsp3) is 0.556. The summed E-state index contributed by atoms with van der Waals surface area (Å²) in [5.74, 6) is 3.64. The quantitative estimate of drug-likeness (QED) is 0.715. The second kappa shape index (κ2) is 4.63. The summed E-state index contributed by atoms with van der Waals surface area (Å²) in [4.78, 5) is 5.02. The Balaban J connectivity index is 1.47. The summed E-state index contributed by atoms with van der Waals surface area (Å²) >= 11 is 1.76. The minimum Gasteiger partial charge on any atom is -0.265 e. The first-order valence-electron chi connectivity index (χ1n) is 8.92. The molecule has 4 aliphatic carbocycles. The molecule has 4 fully saturated rings. The maximum atomic E-state index is 5.03. The van der Waals surface area contributed by atoms with Gasteiger partial charge < -0.3 is 0 Å². The monoisotopic (exact) mass is 337 g/mol. The van der Waals surface area contributed by atoms with Gasteiger partial charge in [-0.1, -0.05) is 11.3 Å². The minimum absolute atomic E-state index is 0.329. The van der Waals surface area contributed by atoms with Crippen LogP contribution in [0.4, 0.5) is 0 Å². The maximum absolute atomic E-state index is 5.03. The van der Waals surface area contributed by atoms with E-state index in [9.17, 15) is 0 Å². The largest absolute Gasteiger partial charge is 0.265 e. The molecule has 6 heteroatoms. The standard InChI is InChI=1S/C18H19N5S/c1-3-19-4-2-14(1)15-20-21-17-23(15)22-16(24-17)18-8-11-5-12(9-18)7-13(6-11)10-18/h1-4,11-13H,5-10H2. The highest BCUT2D eigenvalue weighted by atomic mass is 32.1. The first kappa shape index (κ1) is 13.5. The van der Waals surface area contributed by atoms with E-state index in [1.54, 1.807) is 23.7 Å². The van der Waals surface area contributed by atoms with Crippen molar-refractivity contribution in [3.8, 4) is 11.4 Å². The highest BCUT2D eigenvalue weighted by Gasteiger charge is 2.53. The number of nitrogens with zero attached hydrogens (tertiary/aromatic N) is 5. The van der Waals surface area contributed by atoms with Crippen LogP contribution in [-0.4, -0.2) is 24.8 Å². The summed E-state index contributed by atoms with van der Waals surface area (Å²) in [7, 11) is 0. The topological polar surface area (TPSA) is 56.0 Å². The third kappa shape index (κ3) is 1.80. The van der Waals surface area contributed by atoms with Gasteiger partial charge in [0.2, 0.25) is 4.96 Å². The van der Waals surface area contributed by atoms with Crippen molar-refractivity contribution in [1.29, 1.82) is 0 Å². The summed E-state index contributed by atoms with van der Waals surface area (Å²) < 4.78 is 1.95. The molecule has 0 amide bonds. The Morgan fingerprint density at radius 1 is 0.958 bits per heavy atom. The van der Waals surface area contributed by atoms with Crippen molar-refractivity contribution in [2.24, 2.45) is 17.8 Å². The first-order valence-corrected chi connectivity index (χ1v) is 9.74. The normalized spacial score (nSPS) is 34.2. The maximum Gasteiger partial charge on any atom is 0.234 e. The first-order chi connectivity index (χ1) is 11.8. The van der Waals surface area contributed by atoms with Crippen molar-refractivity contribution in [3.63, 3.8) is 0 Å². The van der Waals surface area contributed by atoms with Crippen LogP contribution in [0, 0.1) is 17.8 Å². The summed E-state index contributed by atoms with van der Waals surface area (Å²) in [6, 6.07) is 3.94. The number of hydrogen-bond donors (Lipinski definition) is 0. The molecule has 3 heterocycles. The van der Waals surface area contributed by atoms with Crippen molar-refractivity contribution in [2.75, 3.05) is 0 Å². The van der Waals surface area contributed by atoms with Crippen molar-refractivity contribution in [2.45, 2.75) is 43.9 Å². The molecule has 4 bridgehead atoms. The molecule has 0 radical (unpaired) electrons. The van der Waals surface area contributed by atoms with Crippen LogP contribution in [0.1, 0.15) is 43.5 Å². The van der Waals surface area contributed by atoms with E-state index in [0.717, 1.165) is 34.1 Å². The summed E-state index contributed by atoms with van der Waals surface area (Å²) in [6.07, 6.45) is 12.0. The van der Waals surface area contributed by atoms with Gasteiger partial charge >= 0.3 is 0 Å². The molecule has 0 aromatic carbocycles. The molecule has 7 rings (SSSR count). The lowest BCUT2D eigenvalue weighted by atomic mass is 9.50. The molecule has 0 unspecified atom stereocenters. The third-order valence-electron chi connectivity index (χ3n) is 6.42. The summed E-state index contributed by atoms with van der Waals surface area (Å²) in [6.45, 7) is 0. The summed E-state index contributed by atoms with van der Waals surface area (Å²) in [5, 5.41) is 15.1. The van der Waals surface area contributed by atoms with E-state index in [1.807, 2.05) is 16.6 Å². The number of hydrogen-bond acceptors (Lipinski definition) is 5. The molecule has 3 aromatic rings. The van der Waals surface area contributed by atoms with Crippen molar-refractivity contribution in [3.05, 3.63) is 29.5 Å². The van der Waals surface area contributed by atoms with Crippen LogP contribution in [-0.2, 0) is 5.41 Å². The van der Waals surface area contributed by atoms with Gasteiger partial charge in [-0.25, -0.2) is 0 Å². The third-order valence-corrected chi connectivity index (χ3v) is 7.57. The number of aromatic nitrogens is 5. The van der Waals surface area contributed by atoms with Crippen LogP contribution in [0.5, 0.6) is 0 Å². The molecular weight excluding hydrogens is 318 g/mol. The average molecular weight is 337 g/mol. The van der Waals surface area contributed by atoms with Gasteiger partial charge in [0.1, 0.15) is 5.01 Å². The number of pyridine rings is 1. The Labute approximate surface area is 144 Å². The van der Waals surface area contributed by atoms with Gasteiger partial charge in [-0.05, 0) is 68.4 Å². The van der Waals surface area contributed by atoms with Crippen molar-refractivity contribution < 1.29 is 0 Å². The Bertz CT molecular complexity index is 877. The van der Waals surface area contributed by atoms with Crippen molar-refractivity contribution in [1.82, 2.24) is 24.8 Å². The van der Waals surface area contributed by atoms with Crippen LogP contribution in [0.3, 0.4) is 0 Å². The predicted octanol–water partition coefficient (Wildman–Crippen LogP) is 3.72. The second-order valence-corrected chi connectivity index (χ2v) is 9.01. The van der Waals surface area contributed by atoms with Crippen LogP contribution in [0.2, 0.25) is 0 Å². The minimum atomic E-state index is 0.329. The molecule has 0 N–H and O–H groups in total. The van der Waals surface area contributed by atoms with E-state index in [2.05, 4.69) is 15.2 Å². The molecule has 0 spiro atoms. The van der Waals surface area contributed by atoms with E-state index in [1.165, 1.54) is 43.5 Å². The molecular formula is C18H19N5S. The van der Waals surface area contributed by atoms with Crippen LogP contribution in [0.25, 0.3) is 16.3 Å². The van der Waals surface area contributed by atoms with Gasteiger partial charge in [0.15, 0.2) is 5.82 Å². The molecule has 4 saturated carbocycles. The average Bonchev–Trinajstić information content (AvgIpc) is 3.15. The molecule has 122 valence electrons. The van der Waals surface area contributed by atoms with Gasteiger partial charge in [-0.15, -0.1) is 10.2 Å². The van der Waals surface area contributed by atoms with Gasteiger partial charge in [-0.2, -0.15) is 9.61 Å². The van der Waals surface area contributed by atoms with Crippen LogP contribution < -0.4 is 0 Å². The zero-order chi connectivity index (χ0) is 15.7. The van der Waals surface area contributed by atoms with Gasteiger partial charge in [0.25, 0.3) is 0 Å². The lowest BCUT2D eigenvalue weighted by Crippen LogP contribution is -2.48. The Morgan fingerprint density at radius 2 is 1.62 bits per heavy atom. The number of rotatable bonds is 2. The van der Waals surface area contributed by atoms with E-state index in [-0.39, 0.29) is 0 Å². The second-order valence-electron chi connectivity index (χ2n) is 8.06. The molecule has 0 aliphatic heterocycles. The molecule has 4 aliphatic rings. The molecule has 3 aromatic heterocycles. The summed E-state index contributed by atoms with van der Waals surface area (Å²) in [5.41, 5.74) is 1.36. The predicted molar refractivity (Wildman–Crippen MR) is 91.7 cm³/mol. The van der Waals surface area contributed by atoms with Gasteiger partial charge in [0, 0.05) is 23.4 Å². The smallest absolute Gasteiger partial charge is 0.234 e. The Kier molecular flexibility index (Phi) is 2.60. The lowest BCUT2D eigenvalue weighted by Gasteiger charge is -2.55. The number of fused-ring (bicyclic) bond motifs is 1. The highest BCUT2D eigenvalue weighted by molar-refractivity contribution is 7.16. The molecule has 0 saturated heterocycles. The molecule has 5 nitrogen and oxygen atoms in total. The zero-order valence-electron chi connectivity index (χ0n) is 13.4. The SMILES string of the molecule is c1cc(-c2nnc3sc(C45CC6CC(CC(C6)C4)C5)nn23)ccn1. The van der Waals surface area contributed by atoms with E-state index in [0.29, 0.717) is 5.41 Å². The molecule has 0 atom stereocenters. The zero-order valence-corrected chi connectivity index (χ0v) is 14.2. The fourth-order valence-corrected chi connectivity index (χ4v) is 6.94. The Morgan fingerprint density at radius 3 is 2.29 bits per heavy atom. The molecule has 24 heavy (non-hydrogen) atoms.